The summed E-state index contributed by atoms with van der Waals surface area (Å²) in [6.45, 7) is 2.83. The van der Waals surface area contributed by atoms with Gasteiger partial charge in [0.05, 0.1) is 19.3 Å². The first kappa shape index (κ1) is 12.4. The molecule has 6 heteroatoms. The normalized spacial score (nSPS) is 23.8. The highest BCUT2D eigenvalue weighted by atomic mass is 35.5. The molecule has 1 aromatic heterocycles. The van der Waals surface area contributed by atoms with E-state index < -0.39 is 0 Å². The Hall–Kier alpha value is -1.07. The van der Waals surface area contributed by atoms with Gasteiger partial charge in [-0.05, 0) is 13.3 Å². The maximum Gasteiger partial charge on any atom is 0.199 e. The van der Waals surface area contributed by atoms with Crippen LogP contribution in [0.1, 0.15) is 13.3 Å². The lowest BCUT2D eigenvalue weighted by atomic mass is 10.1. The van der Waals surface area contributed by atoms with Crippen molar-refractivity contribution < 1.29 is 9.47 Å². The minimum absolute atomic E-state index is 0.179. The molecule has 94 valence electrons. The van der Waals surface area contributed by atoms with Gasteiger partial charge in [0, 0.05) is 13.7 Å². The summed E-state index contributed by atoms with van der Waals surface area (Å²) in [4.78, 5) is 10.2. The van der Waals surface area contributed by atoms with Gasteiger partial charge in [0.25, 0.3) is 0 Å². The zero-order chi connectivity index (χ0) is 12.4. The standard InChI is InChI=1S/C11H16ClN3O2/c1-7-8(4-5-17-7)15(2)11-9(16-3)10(12)13-6-14-11/h6-8H,4-5H2,1-3H3. The van der Waals surface area contributed by atoms with E-state index in [4.69, 9.17) is 21.1 Å². The number of likely N-dealkylation sites (N-methyl/N-ethyl adjacent to an activating group) is 1. The van der Waals surface area contributed by atoms with Crippen LogP contribution in [0.4, 0.5) is 5.82 Å². The van der Waals surface area contributed by atoms with Crippen LogP contribution in [0.15, 0.2) is 6.33 Å². The van der Waals surface area contributed by atoms with Gasteiger partial charge in [-0.1, -0.05) is 11.6 Å². The number of nitrogens with zero attached hydrogens (tertiary/aromatic N) is 3. The van der Waals surface area contributed by atoms with Crippen LogP contribution in [0, 0.1) is 0 Å². The molecule has 0 spiro atoms. The summed E-state index contributed by atoms with van der Waals surface area (Å²) in [6.07, 6.45) is 2.60. The smallest absolute Gasteiger partial charge is 0.199 e. The molecule has 0 N–H and O–H groups in total. The molecule has 1 fully saturated rings. The number of halogens is 1. The molecule has 17 heavy (non-hydrogen) atoms. The zero-order valence-electron chi connectivity index (χ0n) is 10.2. The van der Waals surface area contributed by atoms with Gasteiger partial charge in [0.1, 0.15) is 6.33 Å². The van der Waals surface area contributed by atoms with Gasteiger partial charge in [-0.25, -0.2) is 9.97 Å². The van der Waals surface area contributed by atoms with E-state index in [0.29, 0.717) is 16.7 Å². The van der Waals surface area contributed by atoms with Gasteiger partial charge in [0.2, 0.25) is 0 Å². The van der Waals surface area contributed by atoms with Crippen LogP contribution in [0.5, 0.6) is 5.75 Å². The van der Waals surface area contributed by atoms with Gasteiger partial charge >= 0.3 is 0 Å². The Balaban J connectivity index is 2.30. The minimum Gasteiger partial charge on any atom is -0.490 e. The number of hydrogen-bond donors (Lipinski definition) is 0. The quantitative estimate of drug-likeness (QED) is 0.772. The lowest BCUT2D eigenvalue weighted by molar-refractivity contribution is 0.118. The van der Waals surface area contributed by atoms with E-state index >= 15 is 0 Å². The van der Waals surface area contributed by atoms with E-state index in [1.165, 1.54) is 6.33 Å². The third-order valence-corrected chi connectivity index (χ3v) is 3.38. The van der Waals surface area contributed by atoms with Crippen LogP contribution < -0.4 is 9.64 Å². The van der Waals surface area contributed by atoms with Crippen LogP contribution in [0.2, 0.25) is 5.15 Å². The SMILES string of the molecule is COc1c(Cl)ncnc1N(C)C1CCOC1C. The molecular weight excluding hydrogens is 242 g/mol. The van der Waals surface area contributed by atoms with Crippen LogP contribution in [0.3, 0.4) is 0 Å². The Morgan fingerprint density at radius 1 is 1.53 bits per heavy atom. The number of hydrogen-bond acceptors (Lipinski definition) is 5. The second-order valence-corrected chi connectivity index (χ2v) is 4.42. The molecule has 0 aliphatic carbocycles. The van der Waals surface area contributed by atoms with Gasteiger partial charge < -0.3 is 14.4 Å². The second-order valence-electron chi connectivity index (χ2n) is 4.06. The Morgan fingerprint density at radius 2 is 2.29 bits per heavy atom. The summed E-state index contributed by atoms with van der Waals surface area (Å²) < 4.78 is 10.8. The van der Waals surface area contributed by atoms with Crippen molar-refractivity contribution in [2.75, 3.05) is 25.7 Å². The first-order valence-electron chi connectivity index (χ1n) is 5.54. The number of methoxy groups -OCH3 is 1. The zero-order valence-corrected chi connectivity index (χ0v) is 10.9. The third kappa shape index (κ3) is 2.30. The number of rotatable bonds is 3. The molecule has 0 radical (unpaired) electrons. The molecule has 0 aromatic carbocycles. The molecule has 5 nitrogen and oxygen atoms in total. The van der Waals surface area contributed by atoms with E-state index in [1.54, 1.807) is 7.11 Å². The maximum absolute atomic E-state index is 5.98. The van der Waals surface area contributed by atoms with Crippen LogP contribution in [0.25, 0.3) is 0 Å². The second kappa shape index (κ2) is 5.06. The molecule has 2 heterocycles. The average molecular weight is 258 g/mol. The number of ether oxygens (including phenoxy) is 2. The number of anilines is 1. The van der Waals surface area contributed by atoms with Gasteiger partial charge in [-0.2, -0.15) is 0 Å². The summed E-state index contributed by atoms with van der Waals surface area (Å²) in [6, 6.07) is 0.287. The molecule has 1 saturated heterocycles. The largest absolute Gasteiger partial charge is 0.490 e. The summed E-state index contributed by atoms with van der Waals surface area (Å²) in [5.41, 5.74) is 0. The maximum atomic E-state index is 5.98. The van der Waals surface area contributed by atoms with Crippen molar-refractivity contribution in [2.45, 2.75) is 25.5 Å². The van der Waals surface area contributed by atoms with Crippen LogP contribution in [-0.2, 0) is 4.74 Å². The topological polar surface area (TPSA) is 47.5 Å². The van der Waals surface area contributed by atoms with E-state index in [0.717, 1.165) is 13.0 Å². The fourth-order valence-corrected chi connectivity index (χ4v) is 2.36. The van der Waals surface area contributed by atoms with Crippen LogP contribution >= 0.6 is 11.6 Å². The first-order valence-corrected chi connectivity index (χ1v) is 5.92. The van der Waals surface area contributed by atoms with E-state index in [1.807, 2.05) is 11.9 Å². The van der Waals surface area contributed by atoms with E-state index in [2.05, 4.69) is 16.9 Å². The predicted octanol–water partition coefficient (Wildman–Crippen LogP) is 1.75. The molecule has 0 amide bonds. The summed E-state index contributed by atoms with van der Waals surface area (Å²) in [5.74, 6) is 1.21. The molecule has 0 bridgehead atoms. The van der Waals surface area contributed by atoms with Crippen molar-refractivity contribution in [3.8, 4) is 5.75 Å². The third-order valence-electron chi connectivity index (χ3n) is 3.11. The van der Waals surface area contributed by atoms with Crippen molar-refractivity contribution in [3.05, 3.63) is 11.5 Å². The Labute approximate surface area is 106 Å². The fraction of sp³-hybridized carbons (Fsp3) is 0.636. The van der Waals surface area contributed by atoms with Crippen molar-refractivity contribution in [1.82, 2.24) is 9.97 Å². The Kier molecular flexibility index (Phi) is 3.69. The van der Waals surface area contributed by atoms with Crippen molar-refractivity contribution in [2.24, 2.45) is 0 Å². The molecule has 2 unspecified atom stereocenters. The Bertz CT molecular complexity index is 402. The fourth-order valence-electron chi connectivity index (χ4n) is 2.16. The summed E-state index contributed by atoms with van der Waals surface area (Å²) in [5, 5.41) is 0.330. The Morgan fingerprint density at radius 3 is 2.88 bits per heavy atom. The molecule has 1 aliphatic heterocycles. The molecule has 1 aliphatic rings. The van der Waals surface area contributed by atoms with Gasteiger partial charge in [-0.3, -0.25) is 0 Å². The van der Waals surface area contributed by atoms with E-state index in [-0.39, 0.29) is 12.1 Å². The lowest BCUT2D eigenvalue weighted by Gasteiger charge is -2.28. The highest BCUT2D eigenvalue weighted by Crippen LogP contribution is 2.33. The average Bonchev–Trinajstić information content (AvgIpc) is 2.74. The van der Waals surface area contributed by atoms with Crippen LogP contribution in [-0.4, -0.2) is 42.9 Å². The summed E-state index contributed by atoms with van der Waals surface area (Å²) >= 11 is 5.98. The van der Waals surface area contributed by atoms with Gasteiger partial charge in [0.15, 0.2) is 16.7 Å². The molecule has 2 atom stereocenters. The predicted molar refractivity (Wildman–Crippen MR) is 65.8 cm³/mol. The van der Waals surface area contributed by atoms with E-state index in [9.17, 15) is 0 Å². The molecular formula is C11H16ClN3O2. The minimum atomic E-state index is 0.179. The van der Waals surface area contributed by atoms with Crippen molar-refractivity contribution in [3.63, 3.8) is 0 Å². The van der Waals surface area contributed by atoms with Crippen molar-refractivity contribution in [1.29, 1.82) is 0 Å². The molecule has 2 rings (SSSR count). The lowest BCUT2D eigenvalue weighted by Crippen LogP contribution is -2.37. The summed E-state index contributed by atoms with van der Waals surface area (Å²) in [7, 11) is 3.54. The number of aromatic nitrogens is 2. The first-order chi connectivity index (χ1) is 8.15. The highest BCUT2D eigenvalue weighted by molar-refractivity contribution is 6.31. The monoisotopic (exact) mass is 257 g/mol. The molecule has 1 aromatic rings. The highest BCUT2D eigenvalue weighted by Gasteiger charge is 2.30. The van der Waals surface area contributed by atoms with Gasteiger partial charge in [-0.15, -0.1) is 0 Å². The molecule has 0 saturated carbocycles. The van der Waals surface area contributed by atoms with Crippen molar-refractivity contribution >= 4 is 17.4 Å².